The van der Waals surface area contributed by atoms with E-state index in [9.17, 15) is 0 Å². The van der Waals surface area contributed by atoms with Crippen LogP contribution in [0, 0.1) is 0 Å². The lowest BCUT2D eigenvalue weighted by molar-refractivity contribution is 0.840. The quantitative estimate of drug-likeness (QED) is 0.0769. The monoisotopic (exact) mass is 1430 g/mol. The van der Waals surface area contributed by atoms with E-state index < -0.39 is 0 Å². The van der Waals surface area contributed by atoms with E-state index in [2.05, 4.69) is 348 Å². The van der Waals surface area contributed by atoms with Crippen LogP contribution in [0.2, 0.25) is 0 Å². The third-order valence-electron chi connectivity index (χ3n) is 22.3. The molecule has 107 heavy (non-hydrogen) atoms. The fourth-order valence-corrected chi connectivity index (χ4v) is 16.6. The Morgan fingerprint density at radius 3 is 0.729 bits per heavy atom. The van der Waals surface area contributed by atoms with Gasteiger partial charge in [0.25, 0.3) is 0 Å². The van der Waals surface area contributed by atoms with E-state index in [1.165, 1.54) is 214 Å². The number of nitrogens with two attached hydrogens (primary N) is 2. The van der Waals surface area contributed by atoms with Crippen molar-refractivity contribution in [2.45, 2.75) is 38.5 Å². The van der Waals surface area contributed by atoms with Crippen LogP contribution in [0.5, 0.6) is 0 Å². The van der Waals surface area contributed by atoms with Crippen LogP contribution in [0.15, 0.2) is 350 Å². The number of nitrogens with one attached hydrogen (secondary N) is 2. The lowest BCUT2D eigenvalue weighted by Gasteiger charge is -2.19. The van der Waals surface area contributed by atoms with Crippen molar-refractivity contribution in [3.63, 3.8) is 0 Å². The summed E-state index contributed by atoms with van der Waals surface area (Å²) < 4.78 is 1.14. The molecule has 0 amide bonds. The third-order valence-corrected chi connectivity index (χ3v) is 22.8. The van der Waals surface area contributed by atoms with Crippen molar-refractivity contribution in [3.05, 3.63) is 384 Å². The van der Waals surface area contributed by atoms with Gasteiger partial charge in [-0.25, -0.2) is 0 Å². The molecule has 0 saturated heterocycles. The van der Waals surface area contributed by atoms with Gasteiger partial charge in [-0.2, -0.15) is 0 Å². The Morgan fingerprint density at radius 2 is 0.430 bits per heavy atom. The summed E-state index contributed by atoms with van der Waals surface area (Å²) >= 11 is 3.51. The van der Waals surface area contributed by atoms with Crippen molar-refractivity contribution in [2.24, 2.45) is 0 Å². The van der Waals surface area contributed by atoms with Gasteiger partial charge in [-0.15, -0.1) is 0 Å². The number of fused-ring (bicyclic) bond motifs is 15. The van der Waals surface area contributed by atoms with Crippen LogP contribution in [-0.2, 0) is 38.5 Å². The molecule has 510 valence electrons. The number of nitrogen functional groups attached to an aromatic ring is 2. The number of halogens is 1. The molecule has 6 N–H and O–H groups in total. The molecule has 0 aliphatic heterocycles. The molecule has 0 atom stereocenters. The fraction of sp³-hybridized carbons (Fsp3) is 0.0588. The van der Waals surface area contributed by atoms with Crippen LogP contribution in [0.25, 0.3) is 143 Å². The van der Waals surface area contributed by atoms with Crippen LogP contribution in [0.1, 0.15) is 33.4 Å². The Kier molecular flexibility index (Phi) is 16.8. The van der Waals surface area contributed by atoms with E-state index in [1.54, 1.807) is 0 Å². The molecule has 5 heteroatoms. The van der Waals surface area contributed by atoms with Gasteiger partial charge in [0.1, 0.15) is 0 Å². The average Bonchev–Trinajstić information content (AvgIpc) is 0.742. The molecule has 0 saturated carbocycles. The second kappa shape index (κ2) is 27.7. The van der Waals surface area contributed by atoms with Crippen LogP contribution in [0.3, 0.4) is 0 Å². The van der Waals surface area contributed by atoms with E-state index in [1.807, 2.05) is 24.3 Å². The molecule has 0 aromatic heterocycles. The van der Waals surface area contributed by atoms with E-state index in [-0.39, 0.29) is 0 Å². The number of rotatable bonds is 11. The number of hydrogen-bond acceptors (Lipinski definition) is 4. The van der Waals surface area contributed by atoms with Gasteiger partial charge in [-0.3, -0.25) is 0 Å². The van der Waals surface area contributed by atoms with Gasteiger partial charge in [0.2, 0.25) is 0 Å². The molecule has 0 radical (unpaired) electrons. The number of benzene rings is 18. The molecular formula is C102H75BrN4. The van der Waals surface area contributed by atoms with Crippen molar-refractivity contribution in [1.29, 1.82) is 0 Å². The molecule has 18 aromatic carbocycles. The highest BCUT2D eigenvalue weighted by atomic mass is 79.9. The SMILES string of the molecule is Brc1cccc(-c2ccc3c(c2)CC3)c1.Nc1ccc(-c2ccc3c4ccc(-c5ccc(N)cc5)cc4c4ccccc4c3c2)cc1.c1cc(Nc2ccc(-c3ccc4c5ccc(-c6ccc(Nc7cccc(-c8ccc9c(c8)CC9)c7)cc6)cc5c5ccccc5c4c3)cc2)cc(-c2ccc3c(c2)CC3)c1. The first-order chi connectivity index (χ1) is 52.6. The second-order valence-electron chi connectivity index (χ2n) is 28.9. The molecule has 21 rings (SSSR count). The minimum absolute atomic E-state index is 0.780. The summed E-state index contributed by atoms with van der Waals surface area (Å²) in [6, 6.07) is 125. The summed E-state index contributed by atoms with van der Waals surface area (Å²) in [5.41, 5.74) is 43.9. The van der Waals surface area contributed by atoms with Crippen LogP contribution < -0.4 is 22.1 Å². The first-order valence-corrected chi connectivity index (χ1v) is 38.0. The van der Waals surface area contributed by atoms with Gasteiger partial charge in [0, 0.05) is 38.6 Å². The lowest BCUT2D eigenvalue weighted by Crippen LogP contribution is -2.07. The Bertz CT molecular complexity index is 6130. The zero-order valence-corrected chi connectivity index (χ0v) is 60.8. The van der Waals surface area contributed by atoms with Crippen LogP contribution >= 0.6 is 15.9 Å². The Morgan fingerprint density at radius 1 is 0.178 bits per heavy atom. The zero-order chi connectivity index (χ0) is 71.5. The zero-order valence-electron chi connectivity index (χ0n) is 59.2. The normalized spacial score (nSPS) is 12.4. The van der Waals surface area contributed by atoms with E-state index in [0.29, 0.717) is 0 Å². The van der Waals surface area contributed by atoms with E-state index >= 15 is 0 Å². The number of hydrogen-bond donors (Lipinski definition) is 4. The van der Waals surface area contributed by atoms with Crippen molar-refractivity contribution >= 4 is 115 Å². The van der Waals surface area contributed by atoms with Gasteiger partial charge in [-0.1, -0.05) is 253 Å². The van der Waals surface area contributed by atoms with Gasteiger partial charge < -0.3 is 22.1 Å². The third kappa shape index (κ3) is 12.9. The lowest BCUT2D eigenvalue weighted by atomic mass is 9.86. The van der Waals surface area contributed by atoms with Crippen molar-refractivity contribution in [2.75, 3.05) is 22.1 Å². The average molecular weight is 1440 g/mol. The molecule has 0 unspecified atom stereocenters. The maximum Gasteiger partial charge on any atom is 0.0390 e. The van der Waals surface area contributed by atoms with Crippen molar-refractivity contribution < 1.29 is 0 Å². The first-order valence-electron chi connectivity index (χ1n) is 37.2. The molecule has 4 nitrogen and oxygen atoms in total. The maximum atomic E-state index is 5.89. The number of anilines is 6. The highest BCUT2D eigenvalue weighted by molar-refractivity contribution is 9.10. The summed E-state index contributed by atoms with van der Waals surface area (Å²) in [6.45, 7) is 0. The summed E-state index contributed by atoms with van der Waals surface area (Å²) in [6.07, 6.45) is 7.32. The van der Waals surface area contributed by atoms with Crippen LogP contribution in [0.4, 0.5) is 34.1 Å². The molecule has 18 aromatic rings. The van der Waals surface area contributed by atoms with Gasteiger partial charge >= 0.3 is 0 Å². The summed E-state index contributed by atoms with van der Waals surface area (Å²) in [4.78, 5) is 0. The summed E-state index contributed by atoms with van der Waals surface area (Å²) in [7, 11) is 0. The Labute approximate surface area is 632 Å². The summed E-state index contributed by atoms with van der Waals surface area (Å²) in [5, 5.41) is 22.5. The van der Waals surface area contributed by atoms with Crippen LogP contribution in [-0.4, -0.2) is 0 Å². The molecule has 0 fully saturated rings. The minimum Gasteiger partial charge on any atom is -0.399 e. The predicted molar refractivity (Wildman–Crippen MR) is 461 cm³/mol. The fourth-order valence-electron chi connectivity index (χ4n) is 16.2. The maximum absolute atomic E-state index is 5.89. The second-order valence-corrected chi connectivity index (χ2v) is 29.8. The van der Waals surface area contributed by atoms with Gasteiger partial charge in [0.15, 0.2) is 0 Å². The summed E-state index contributed by atoms with van der Waals surface area (Å²) in [5.74, 6) is 0. The highest BCUT2D eigenvalue weighted by Crippen LogP contribution is 2.43. The standard InChI is InChI=1S/C58H42N2.C30H22N2.C14H11Br/c1-2-10-54-53(9-1)57-35-47(39-19-25-49(26-20-39)59-51-7-3-5-41(33-51)45-17-13-37-11-15-43(37)31-45)23-29-55(57)56-30-24-48(36-58(54)56)40-21-27-50(28-22-40)60-52-8-4-6-42(34-52)46-18-14-38-12-16-44(38)32-46;31-23-11-5-19(6-12-23)21-9-15-27-28-16-10-22(20-7-13-24(32)14-8-20)18-30(28)26-4-2-1-3-25(26)29(27)17-21;15-14-3-1-2-11(9-14)13-7-5-10-4-6-12(10)8-13/h1-10,13-14,17-36,59-60H,11-12,15-16H2;1-18H,31-32H2;1-3,5,7-9H,4,6H2. The van der Waals surface area contributed by atoms with Gasteiger partial charge in [-0.05, 0) is 324 Å². The molecular weight excluding hydrogens is 1360 g/mol. The molecule has 0 heterocycles. The Hall–Kier alpha value is -12.8. The molecule has 3 aliphatic carbocycles. The largest absolute Gasteiger partial charge is 0.399 e. The van der Waals surface area contributed by atoms with E-state index in [4.69, 9.17) is 11.5 Å². The van der Waals surface area contributed by atoms with E-state index in [0.717, 1.165) is 38.6 Å². The number of aryl methyl sites for hydroxylation is 6. The first kappa shape index (κ1) is 65.0. The molecule has 3 aliphatic rings. The Balaban J connectivity index is 0.000000137. The molecule has 0 bridgehead atoms. The van der Waals surface area contributed by atoms with Gasteiger partial charge in [0.05, 0.1) is 0 Å². The van der Waals surface area contributed by atoms with Crippen molar-refractivity contribution in [3.8, 4) is 77.9 Å². The van der Waals surface area contributed by atoms with Crippen molar-refractivity contribution in [1.82, 2.24) is 0 Å². The molecule has 0 spiro atoms. The topological polar surface area (TPSA) is 76.1 Å². The minimum atomic E-state index is 0.780. The predicted octanol–water partition coefficient (Wildman–Crippen LogP) is 27.4. The highest BCUT2D eigenvalue weighted by Gasteiger charge is 2.19. The smallest absolute Gasteiger partial charge is 0.0390 e.